The molecule has 0 bridgehead atoms. The Kier molecular flexibility index (Phi) is 7.30. The molecule has 3 nitrogen and oxygen atoms in total. The Morgan fingerprint density at radius 1 is 1.17 bits per heavy atom. The van der Waals surface area contributed by atoms with Crippen LogP contribution in [0.5, 0.6) is 0 Å². The van der Waals surface area contributed by atoms with Gasteiger partial charge in [0.1, 0.15) is 0 Å². The quantitative estimate of drug-likeness (QED) is 0.499. The van der Waals surface area contributed by atoms with Crippen molar-refractivity contribution in [3.8, 4) is 0 Å². The van der Waals surface area contributed by atoms with Gasteiger partial charge in [-0.25, -0.2) is 0 Å². The zero-order valence-electron chi connectivity index (χ0n) is 11.2. The van der Waals surface area contributed by atoms with Crippen molar-refractivity contribution in [3.63, 3.8) is 0 Å². The molecular weight excluding hydrogens is 228 g/mol. The van der Waals surface area contributed by atoms with E-state index in [4.69, 9.17) is 9.47 Å². The summed E-state index contributed by atoms with van der Waals surface area (Å²) in [5.74, 6) is 0.200. The summed E-state index contributed by atoms with van der Waals surface area (Å²) in [5.41, 5.74) is 0.782. The van der Waals surface area contributed by atoms with E-state index in [1.165, 1.54) is 0 Å². The second kappa shape index (κ2) is 8.84. The van der Waals surface area contributed by atoms with E-state index in [0.717, 1.165) is 25.0 Å². The standard InChI is InChI=1S/C15H22O3/c1-13(9-12-18-11-6-10-17-2)15(16)14-7-4-3-5-8-14/h3-5,7-8,13H,6,9-12H2,1-2H3. The minimum Gasteiger partial charge on any atom is -0.385 e. The maximum absolute atomic E-state index is 12.0. The molecule has 1 aromatic carbocycles. The monoisotopic (exact) mass is 250 g/mol. The van der Waals surface area contributed by atoms with E-state index in [0.29, 0.717) is 13.2 Å². The van der Waals surface area contributed by atoms with Crippen LogP contribution in [0, 0.1) is 5.92 Å². The summed E-state index contributed by atoms with van der Waals surface area (Å²) in [4.78, 5) is 12.0. The van der Waals surface area contributed by atoms with Crippen LogP contribution < -0.4 is 0 Å². The third-order valence-corrected chi connectivity index (χ3v) is 2.84. The van der Waals surface area contributed by atoms with Crippen molar-refractivity contribution >= 4 is 5.78 Å². The Hall–Kier alpha value is -1.19. The second-order valence-electron chi connectivity index (χ2n) is 4.38. The normalized spacial score (nSPS) is 12.3. The largest absolute Gasteiger partial charge is 0.385 e. The zero-order valence-corrected chi connectivity index (χ0v) is 11.2. The van der Waals surface area contributed by atoms with Crippen LogP contribution in [0.1, 0.15) is 30.1 Å². The second-order valence-corrected chi connectivity index (χ2v) is 4.38. The van der Waals surface area contributed by atoms with Crippen molar-refractivity contribution in [2.24, 2.45) is 5.92 Å². The van der Waals surface area contributed by atoms with Crippen molar-refractivity contribution < 1.29 is 14.3 Å². The summed E-state index contributed by atoms with van der Waals surface area (Å²) in [6.45, 7) is 4.00. The molecule has 0 fully saturated rings. The van der Waals surface area contributed by atoms with Crippen LogP contribution in [0.2, 0.25) is 0 Å². The fraction of sp³-hybridized carbons (Fsp3) is 0.533. The maximum Gasteiger partial charge on any atom is 0.165 e. The molecule has 0 spiro atoms. The third-order valence-electron chi connectivity index (χ3n) is 2.84. The van der Waals surface area contributed by atoms with Crippen LogP contribution in [0.25, 0.3) is 0 Å². The lowest BCUT2D eigenvalue weighted by atomic mass is 9.97. The van der Waals surface area contributed by atoms with Gasteiger partial charge in [-0.15, -0.1) is 0 Å². The van der Waals surface area contributed by atoms with Crippen molar-refractivity contribution in [1.29, 1.82) is 0 Å². The van der Waals surface area contributed by atoms with E-state index in [-0.39, 0.29) is 11.7 Å². The molecule has 0 aromatic heterocycles. The smallest absolute Gasteiger partial charge is 0.165 e. The topological polar surface area (TPSA) is 35.5 Å². The number of carbonyl (C=O) groups is 1. The molecule has 18 heavy (non-hydrogen) atoms. The molecule has 1 atom stereocenters. The van der Waals surface area contributed by atoms with Crippen molar-refractivity contribution in [2.45, 2.75) is 19.8 Å². The number of hydrogen-bond donors (Lipinski definition) is 0. The number of ketones is 1. The first-order valence-corrected chi connectivity index (χ1v) is 6.41. The van der Waals surface area contributed by atoms with Gasteiger partial charge in [0.2, 0.25) is 0 Å². The SMILES string of the molecule is COCCCOCCC(C)C(=O)c1ccccc1. The highest BCUT2D eigenvalue weighted by Crippen LogP contribution is 2.11. The number of Topliss-reactive ketones (excluding diaryl/α,β-unsaturated/α-hetero) is 1. The molecular formula is C15H22O3. The van der Waals surface area contributed by atoms with Gasteiger partial charge in [-0.1, -0.05) is 37.3 Å². The van der Waals surface area contributed by atoms with Gasteiger partial charge in [-0.3, -0.25) is 4.79 Å². The van der Waals surface area contributed by atoms with Gasteiger partial charge in [0, 0.05) is 38.4 Å². The summed E-state index contributed by atoms with van der Waals surface area (Å²) < 4.78 is 10.4. The number of benzene rings is 1. The van der Waals surface area contributed by atoms with Crippen molar-refractivity contribution in [2.75, 3.05) is 26.9 Å². The highest BCUT2D eigenvalue weighted by atomic mass is 16.5. The summed E-state index contributed by atoms with van der Waals surface area (Å²) in [5, 5.41) is 0. The Balaban J connectivity index is 2.20. The fourth-order valence-corrected chi connectivity index (χ4v) is 1.69. The molecule has 3 heteroatoms. The number of carbonyl (C=O) groups excluding carboxylic acids is 1. The molecule has 1 aromatic rings. The maximum atomic E-state index is 12.0. The fourth-order valence-electron chi connectivity index (χ4n) is 1.69. The van der Waals surface area contributed by atoms with Gasteiger partial charge >= 0.3 is 0 Å². The lowest BCUT2D eigenvalue weighted by Crippen LogP contribution is -2.14. The van der Waals surface area contributed by atoms with Gasteiger partial charge < -0.3 is 9.47 Å². The van der Waals surface area contributed by atoms with Crippen LogP contribution in [-0.4, -0.2) is 32.7 Å². The summed E-state index contributed by atoms with van der Waals surface area (Å²) in [6, 6.07) is 9.42. The molecule has 0 saturated carbocycles. The minimum absolute atomic E-state index is 0.00910. The van der Waals surface area contributed by atoms with E-state index < -0.39 is 0 Å². The predicted octanol–water partition coefficient (Wildman–Crippen LogP) is 2.95. The summed E-state index contributed by atoms with van der Waals surface area (Å²) in [7, 11) is 1.68. The first kappa shape index (κ1) is 14.9. The number of hydrogen-bond acceptors (Lipinski definition) is 3. The Labute approximate surface area is 109 Å². The Morgan fingerprint density at radius 2 is 1.89 bits per heavy atom. The van der Waals surface area contributed by atoms with Gasteiger partial charge in [0.05, 0.1) is 0 Å². The number of ether oxygens (including phenoxy) is 2. The van der Waals surface area contributed by atoms with Crippen LogP contribution >= 0.6 is 0 Å². The molecule has 0 aliphatic carbocycles. The molecule has 0 N–H and O–H groups in total. The van der Waals surface area contributed by atoms with Crippen molar-refractivity contribution in [1.82, 2.24) is 0 Å². The lowest BCUT2D eigenvalue weighted by molar-refractivity contribution is 0.0800. The molecule has 0 aliphatic rings. The van der Waals surface area contributed by atoms with E-state index in [2.05, 4.69) is 0 Å². The zero-order chi connectivity index (χ0) is 13.2. The molecule has 1 rings (SSSR count). The van der Waals surface area contributed by atoms with Crippen LogP contribution in [-0.2, 0) is 9.47 Å². The Morgan fingerprint density at radius 3 is 2.56 bits per heavy atom. The molecule has 0 aliphatic heterocycles. The molecule has 1 unspecified atom stereocenters. The summed E-state index contributed by atoms with van der Waals surface area (Å²) in [6.07, 6.45) is 1.66. The number of methoxy groups -OCH3 is 1. The van der Waals surface area contributed by atoms with Gasteiger partial charge in [-0.05, 0) is 12.8 Å². The van der Waals surface area contributed by atoms with Crippen LogP contribution in [0.3, 0.4) is 0 Å². The first-order valence-electron chi connectivity index (χ1n) is 6.41. The minimum atomic E-state index is 0.00910. The van der Waals surface area contributed by atoms with E-state index in [9.17, 15) is 4.79 Å². The predicted molar refractivity (Wildman–Crippen MR) is 71.9 cm³/mol. The van der Waals surface area contributed by atoms with Gasteiger partial charge in [-0.2, -0.15) is 0 Å². The third kappa shape index (κ3) is 5.43. The van der Waals surface area contributed by atoms with Crippen LogP contribution in [0.15, 0.2) is 30.3 Å². The molecule has 0 saturated heterocycles. The van der Waals surface area contributed by atoms with Crippen LogP contribution in [0.4, 0.5) is 0 Å². The average Bonchev–Trinajstić information content (AvgIpc) is 2.42. The lowest BCUT2D eigenvalue weighted by Gasteiger charge is -2.10. The highest BCUT2D eigenvalue weighted by Gasteiger charge is 2.14. The molecule has 0 radical (unpaired) electrons. The first-order chi connectivity index (χ1) is 8.75. The van der Waals surface area contributed by atoms with Gasteiger partial charge in [0.25, 0.3) is 0 Å². The molecule has 100 valence electrons. The van der Waals surface area contributed by atoms with Crippen molar-refractivity contribution in [3.05, 3.63) is 35.9 Å². The molecule has 0 heterocycles. The average molecular weight is 250 g/mol. The van der Waals surface area contributed by atoms with E-state index in [1.807, 2.05) is 37.3 Å². The van der Waals surface area contributed by atoms with E-state index in [1.54, 1.807) is 7.11 Å². The number of rotatable bonds is 9. The van der Waals surface area contributed by atoms with E-state index >= 15 is 0 Å². The Bertz CT molecular complexity index is 335. The van der Waals surface area contributed by atoms with Gasteiger partial charge in [0.15, 0.2) is 5.78 Å². The highest BCUT2D eigenvalue weighted by molar-refractivity contribution is 5.97. The summed E-state index contributed by atoms with van der Waals surface area (Å²) >= 11 is 0. The molecule has 0 amide bonds.